The number of aliphatic carboxylic acids is 1. The molecule has 2 N–H and O–H groups in total. The van der Waals surface area contributed by atoms with E-state index >= 15 is 0 Å². The van der Waals surface area contributed by atoms with Gasteiger partial charge >= 0.3 is 5.97 Å². The normalized spacial score (nSPS) is 17.7. The Balaban J connectivity index is 1.77. The van der Waals surface area contributed by atoms with E-state index < -0.39 is 11.5 Å². The van der Waals surface area contributed by atoms with Crippen molar-refractivity contribution in [3.63, 3.8) is 0 Å². The molecular weight excluding hydrogens is 458 g/mol. The van der Waals surface area contributed by atoms with Crippen LogP contribution in [0.5, 0.6) is 5.75 Å². The number of aryl methyl sites for hydroxylation is 1. The van der Waals surface area contributed by atoms with Gasteiger partial charge in [-0.05, 0) is 90.3 Å². The zero-order valence-electron chi connectivity index (χ0n) is 20.5. The highest BCUT2D eigenvalue weighted by atomic mass is 35.5. The quantitative estimate of drug-likeness (QED) is 0.349. The van der Waals surface area contributed by atoms with Gasteiger partial charge in [0.05, 0.1) is 5.54 Å². The van der Waals surface area contributed by atoms with Crippen molar-refractivity contribution >= 4 is 29.3 Å². The van der Waals surface area contributed by atoms with Gasteiger partial charge < -0.3 is 15.1 Å². The van der Waals surface area contributed by atoms with Crippen LogP contribution in [0.15, 0.2) is 66.7 Å². The van der Waals surface area contributed by atoms with Crippen LogP contribution in [0, 0.1) is 5.92 Å². The van der Waals surface area contributed by atoms with Crippen molar-refractivity contribution < 1.29 is 15.0 Å². The number of phenols is 1. The first kappa shape index (κ1) is 24.9. The van der Waals surface area contributed by atoms with E-state index in [-0.39, 0.29) is 5.75 Å². The van der Waals surface area contributed by atoms with E-state index in [2.05, 4.69) is 56.0 Å². The number of fused-ring (bicyclic) bond motifs is 1. The van der Waals surface area contributed by atoms with Crippen LogP contribution in [0.25, 0.3) is 6.08 Å². The molecule has 3 aromatic rings. The van der Waals surface area contributed by atoms with Crippen LogP contribution in [-0.2, 0) is 23.2 Å². The number of carbonyl (C=O) groups is 1. The molecule has 0 aromatic heterocycles. The first-order valence-corrected chi connectivity index (χ1v) is 12.5. The predicted molar refractivity (Wildman–Crippen MR) is 143 cm³/mol. The first-order chi connectivity index (χ1) is 16.7. The minimum atomic E-state index is -0.970. The van der Waals surface area contributed by atoms with Gasteiger partial charge in [-0.25, -0.2) is 4.79 Å². The number of hydrogen-bond donors (Lipinski definition) is 2. The van der Waals surface area contributed by atoms with Crippen LogP contribution in [0.1, 0.15) is 55.0 Å². The Bertz CT molecular complexity index is 1250. The maximum absolute atomic E-state index is 10.9. The van der Waals surface area contributed by atoms with Crippen LogP contribution in [0.2, 0.25) is 5.02 Å². The van der Waals surface area contributed by atoms with Gasteiger partial charge in [0.15, 0.2) is 0 Å². The average molecular weight is 490 g/mol. The number of anilines is 1. The van der Waals surface area contributed by atoms with Crippen molar-refractivity contribution in [3.05, 3.63) is 99.6 Å². The molecule has 3 aromatic carbocycles. The molecule has 1 aliphatic rings. The molecule has 0 saturated heterocycles. The molecule has 0 aliphatic carbocycles. The summed E-state index contributed by atoms with van der Waals surface area (Å²) in [5.74, 6) is -0.0782. The van der Waals surface area contributed by atoms with Crippen molar-refractivity contribution in [2.75, 3.05) is 11.4 Å². The van der Waals surface area contributed by atoms with Gasteiger partial charge in [0.25, 0.3) is 0 Å². The zero-order valence-corrected chi connectivity index (χ0v) is 21.2. The maximum atomic E-state index is 10.9. The lowest BCUT2D eigenvalue weighted by Gasteiger charge is -2.48. The lowest BCUT2D eigenvalue weighted by atomic mass is 9.76. The van der Waals surface area contributed by atoms with Gasteiger partial charge in [0, 0.05) is 23.3 Å². The Hall–Kier alpha value is -3.24. The number of carboxylic acids is 1. The van der Waals surface area contributed by atoms with E-state index in [9.17, 15) is 9.90 Å². The second kappa shape index (κ2) is 10.2. The third-order valence-corrected chi connectivity index (χ3v) is 7.34. The second-order valence-electron chi connectivity index (χ2n) is 9.82. The highest BCUT2D eigenvalue weighted by Gasteiger charge is 2.40. The fraction of sp³-hybridized carbons (Fsp3) is 0.300. The Morgan fingerprint density at radius 3 is 2.51 bits per heavy atom. The standard InChI is InChI=1S/C30H32ClNO3/c1-20(2)4-8-22-9-12-25(19-28(22)31)32-17-16-23-18-26(33)13-14-27(23)30(32,3)24-10-5-21(6-11-24)7-15-29(34)35/h5-7,9-15,18-20,33H,4,8,16-17H2,1-3H3,(H,34,35). The Kier molecular flexibility index (Phi) is 7.23. The summed E-state index contributed by atoms with van der Waals surface area (Å²) in [6.07, 6.45) is 5.60. The smallest absolute Gasteiger partial charge is 0.328 e. The first-order valence-electron chi connectivity index (χ1n) is 12.1. The molecule has 0 radical (unpaired) electrons. The third kappa shape index (κ3) is 5.23. The molecule has 1 atom stereocenters. The summed E-state index contributed by atoms with van der Waals surface area (Å²) >= 11 is 6.76. The number of halogens is 1. The number of hydrogen-bond acceptors (Lipinski definition) is 3. The van der Waals surface area contributed by atoms with E-state index in [4.69, 9.17) is 16.7 Å². The highest BCUT2D eigenvalue weighted by Crippen LogP contribution is 2.45. The molecule has 0 amide bonds. The van der Waals surface area contributed by atoms with Crippen LogP contribution in [-0.4, -0.2) is 22.7 Å². The lowest BCUT2D eigenvalue weighted by molar-refractivity contribution is -0.131. The number of benzene rings is 3. The molecular formula is C30H32ClNO3. The van der Waals surface area contributed by atoms with Crippen molar-refractivity contribution in [2.45, 2.75) is 45.6 Å². The minimum absolute atomic E-state index is 0.270. The van der Waals surface area contributed by atoms with Crippen LogP contribution < -0.4 is 4.90 Å². The fourth-order valence-electron chi connectivity index (χ4n) is 5.00. The summed E-state index contributed by atoms with van der Waals surface area (Å²) in [4.78, 5) is 13.3. The molecule has 5 heteroatoms. The van der Waals surface area contributed by atoms with E-state index in [0.717, 1.165) is 64.8 Å². The topological polar surface area (TPSA) is 60.8 Å². The predicted octanol–water partition coefficient (Wildman–Crippen LogP) is 7.06. The molecule has 1 unspecified atom stereocenters. The largest absolute Gasteiger partial charge is 0.508 e. The monoisotopic (exact) mass is 489 g/mol. The lowest BCUT2D eigenvalue weighted by Crippen LogP contribution is -2.49. The molecule has 182 valence electrons. The summed E-state index contributed by atoms with van der Waals surface area (Å²) in [6, 6.07) is 20.0. The van der Waals surface area contributed by atoms with Gasteiger partial charge in [0.2, 0.25) is 0 Å². The fourth-order valence-corrected chi connectivity index (χ4v) is 5.27. The number of aromatic hydroxyl groups is 1. The Morgan fingerprint density at radius 1 is 1.11 bits per heavy atom. The zero-order chi connectivity index (χ0) is 25.2. The number of nitrogens with zero attached hydrogens (tertiary/aromatic N) is 1. The summed E-state index contributed by atoms with van der Waals surface area (Å²) < 4.78 is 0. The molecule has 0 bridgehead atoms. The van der Waals surface area contributed by atoms with Crippen molar-refractivity contribution in [2.24, 2.45) is 5.92 Å². The third-order valence-electron chi connectivity index (χ3n) is 6.99. The van der Waals surface area contributed by atoms with Gasteiger partial charge in [-0.15, -0.1) is 0 Å². The summed E-state index contributed by atoms with van der Waals surface area (Å²) in [7, 11) is 0. The number of rotatable bonds is 7. The highest BCUT2D eigenvalue weighted by molar-refractivity contribution is 6.31. The second-order valence-corrected chi connectivity index (χ2v) is 10.2. The van der Waals surface area contributed by atoms with E-state index in [1.54, 1.807) is 12.1 Å². The summed E-state index contributed by atoms with van der Waals surface area (Å²) in [5.41, 5.74) is 5.89. The molecule has 0 fully saturated rings. The van der Waals surface area contributed by atoms with Crippen LogP contribution in [0.4, 0.5) is 5.69 Å². The van der Waals surface area contributed by atoms with Gasteiger partial charge in [-0.3, -0.25) is 0 Å². The molecule has 4 rings (SSSR count). The molecule has 1 aliphatic heterocycles. The Labute approximate surface area is 212 Å². The summed E-state index contributed by atoms with van der Waals surface area (Å²) in [6.45, 7) is 7.42. The molecule has 35 heavy (non-hydrogen) atoms. The molecule has 4 nitrogen and oxygen atoms in total. The van der Waals surface area contributed by atoms with E-state index in [0.29, 0.717) is 5.92 Å². The molecule has 0 saturated carbocycles. The summed E-state index contributed by atoms with van der Waals surface area (Å²) in [5, 5.41) is 19.9. The molecule has 1 heterocycles. The van der Waals surface area contributed by atoms with Crippen LogP contribution in [0.3, 0.4) is 0 Å². The van der Waals surface area contributed by atoms with E-state index in [1.165, 1.54) is 5.56 Å². The van der Waals surface area contributed by atoms with Gasteiger partial charge in [-0.1, -0.05) is 61.8 Å². The van der Waals surface area contributed by atoms with Crippen molar-refractivity contribution in [1.29, 1.82) is 0 Å². The van der Waals surface area contributed by atoms with Gasteiger partial charge in [0.1, 0.15) is 5.75 Å². The maximum Gasteiger partial charge on any atom is 0.328 e. The van der Waals surface area contributed by atoms with Gasteiger partial charge in [-0.2, -0.15) is 0 Å². The number of phenolic OH excluding ortho intramolecular Hbond substituents is 1. The van der Waals surface area contributed by atoms with Crippen LogP contribution >= 0.6 is 11.6 Å². The minimum Gasteiger partial charge on any atom is -0.508 e. The van der Waals surface area contributed by atoms with Crippen molar-refractivity contribution in [3.8, 4) is 5.75 Å². The molecule has 0 spiro atoms. The van der Waals surface area contributed by atoms with E-state index in [1.807, 2.05) is 24.3 Å². The Morgan fingerprint density at radius 2 is 1.86 bits per heavy atom. The SMILES string of the molecule is CC(C)CCc1ccc(N2CCc3cc(O)ccc3C2(C)c2ccc(C=CC(=O)O)cc2)cc1Cl. The number of carboxylic acid groups (broad SMARTS) is 1. The average Bonchev–Trinajstić information content (AvgIpc) is 2.82. The van der Waals surface area contributed by atoms with Crippen molar-refractivity contribution in [1.82, 2.24) is 0 Å².